The Morgan fingerprint density at radius 3 is 3.00 bits per heavy atom. The lowest BCUT2D eigenvalue weighted by molar-refractivity contribution is -0.116. The highest BCUT2D eigenvalue weighted by molar-refractivity contribution is 6.32. The standard InChI is InChI=1S/C18H16ClN3O3/c19-13-9-12(10-16-18(13)25-8-7-24-16)5-6-17(23)21-22-11-20-14-3-1-2-4-15(14)22/h1-6,9-10,20H,7-8,11H2,(H,21,23)/b6-5+. The Hall–Kier alpha value is -2.86. The molecular weight excluding hydrogens is 342 g/mol. The number of nitrogens with zero attached hydrogens (tertiary/aromatic N) is 1. The minimum absolute atomic E-state index is 0.232. The number of halogens is 1. The zero-order valence-electron chi connectivity index (χ0n) is 13.3. The predicted octanol–water partition coefficient (Wildman–Crippen LogP) is 3.05. The molecule has 128 valence electrons. The number of hydrogen-bond donors (Lipinski definition) is 2. The number of nitrogens with one attached hydrogen (secondary N) is 2. The normalized spacial score (nSPS) is 15.0. The first-order valence-corrected chi connectivity index (χ1v) is 8.27. The van der Waals surface area contributed by atoms with Gasteiger partial charge >= 0.3 is 0 Å². The summed E-state index contributed by atoms with van der Waals surface area (Å²) in [5, 5.41) is 5.44. The molecule has 25 heavy (non-hydrogen) atoms. The average molecular weight is 358 g/mol. The minimum atomic E-state index is -0.232. The number of para-hydroxylation sites is 2. The van der Waals surface area contributed by atoms with E-state index in [0.29, 0.717) is 36.4 Å². The van der Waals surface area contributed by atoms with Crippen LogP contribution in [0.4, 0.5) is 11.4 Å². The topological polar surface area (TPSA) is 62.8 Å². The first-order valence-electron chi connectivity index (χ1n) is 7.89. The Morgan fingerprint density at radius 2 is 2.08 bits per heavy atom. The largest absolute Gasteiger partial charge is 0.486 e. The molecule has 0 aromatic heterocycles. The molecule has 2 aliphatic heterocycles. The minimum Gasteiger partial charge on any atom is -0.486 e. The molecule has 2 N–H and O–H groups in total. The van der Waals surface area contributed by atoms with E-state index < -0.39 is 0 Å². The second-order valence-electron chi connectivity index (χ2n) is 5.62. The van der Waals surface area contributed by atoms with E-state index in [1.165, 1.54) is 6.08 Å². The van der Waals surface area contributed by atoms with Crippen LogP contribution < -0.4 is 25.2 Å². The predicted molar refractivity (Wildman–Crippen MR) is 97.0 cm³/mol. The molecule has 7 heteroatoms. The highest BCUT2D eigenvalue weighted by Gasteiger charge is 2.19. The van der Waals surface area contributed by atoms with Crippen LogP contribution in [0.25, 0.3) is 6.08 Å². The smallest absolute Gasteiger partial charge is 0.262 e. The van der Waals surface area contributed by atoms with Crippen molar-refractivity contribution in [2.24, 2.45) is 0 Å². The molecule has 2 aromatic rings. The summed E-state index contributed by atoms with van der Waals surface area (Å²) < 4.78 is 11.0. The average Bonchev–Trinajstić information content (AvgIpc) is 3.03. The summed E-state index contributed by atoms with van der Waals surface area (Å²) in [6.45, 7) is 1.49. The lowest BCUT2D eigenvalue weighted by atomic mass is 10.1. The van der Waals surface area contributed by atoms with Gasteiger partial charge in [-0.15, -0.1) is 0 Å². The molecule has 0 atom stereocenters. The van der Waals surface area contributed by atoms with E-state index in [1.54, 1.807) is 23.2 Å². The summed E-state index contributed by atoms with van der Waals surface area (Å²) in [5.41, 5.74) is 5.53. The van der Waals surface area contributed by atoms with Crippen molar-refractivity contribution in [2.75, 3.05) is 30.2 Å². The van der Waals surface area contributed by atoms with Crippen LogP contribution in [0.5, 0.6) is 11.5 Å². The van der Waals surface area contributed by atoms with Gasteiger partial charge in [0.1, 0.15) is 19.9 Å². The Labute approximate surface area is 149 Å². The summed E-state index contributed by atoms with van der Waals surface area (Å²) in [4.78, 5) is 12.2. The third-order valence-electron chi connectivity index (χ3n) is 3.91. The maximum Gasteiger partial charge on any atom is 0.262 e. The van der Waals surface area contributed by atoms with Crippen LogP contribution in [0.1, 0.15) is 5.56 Å². The van der Waals surface area contributed by atoms with E-state index in [1.807, 2.05) is 24.3 Å². The molecule has 2 aliphatic rings. The van der Waals surface area contributed by atoms with Crippen molar-refractivity contribution in [3.05, 3.63) is 53.1 Å². The summed E-state index contributed by atoms with van der Waals surface area (Å²) in [5.74, 6) is 0.912. The van der Waals surface area contributed by atoms with Gasteiger partial charge in [0.05, 0.1) is 16.4 Å². The second-order valence-corrected chi connectivity index (χ2v) is 6.02. The lowest BCUT2D eigenvalue weighted by Gasteiger charge is -2.19. The molecule has 0 radical (unpaired) electrons. The first-order chi connectivity index (χ1) is 12.2. The van der Waals surface area contributed by atoms with Crippen molar-refractivity contribution in [2.45, 2.75) is 0 Å². The van der Waals surface area contributed by atoms with E-state index in [-0.39, 0.29) is 5.91 Å². The van der Waals surface area contributed by atoms with Crippen molar-refractivity contribution >= 4 is 35.0 Å². The van der Waals surface area contributed by atoms with Gasteiger partial charge in [0, 0.05) is 6.08 Å². The number of carbonyl (C=O) groups is 1. The summed E-state index contributed by atoms with van der Waals surface area (Å²) >= 11 is 6.20. The van der Waals surface area contributed by atoms with Gasteiger partial charge in [-0.2, -0.15) is 0 Å². The molecule has 2 aromatic carbocycles. The Morgan fingerprint density at radius 1 is 1.24 bits per heavy atom. The first kappa shape index (κ1) is 15.7. The number of ether oxygens (including phenoxy) is 2. The van der Waals surface area contributed by atoms with Crippen LogP contribution in [-0.4, -0.2) is 25.8 Å². The van der Waals surface area contributed by atoms with Crippen LogP contribution in [0, 0.1) is 0 Å². The number of amides is 1. The SMILES string of the molecule is O=C(/C=C/c1cc(Cl)c2c(c1)OCCO2)NN1CNc2ccccc21. The zero-order valence-corrected chi connectivity index (χ0v) is 14.0. The van der Waals surface area contributed by atoms with Gasteiger partial charge in [-0.25, -0.2) is 0 Å². The molecule has 0 fully saturated rings. The molecule has 1 amide bonds. The van der Waals surface area contributed by atoms with Crippen LogP contribution in [0.2, 0.25) is 5.02 Å². The van der Waals surface area contributed by atoms with Crippen molar-refractivity contribution in [3.63, 3.8) is 0 Å². The number of benzene rings is 2. The van der Waals surface area contributed by atoms with Crippen molar-refractivity contribution in [1.29, 1.82) is 0 Å². The molecule has 0 saturated carbocycles. The van der Waals surface area contributed by atoms with E-state index in [0.717, 1.165) is 16.9 Å². The summed E-state index contributed by atoms with van der Waals surface area (Å²) in [6, 6.07) is 11.3. The number of hydrazine groups is 1. The molecule has 0 aliphatic carbocycles. The Balaban J connectivity index is 1.45. The molecule has 0 bridgehead atoms. The fraction of sp³-hybridized carbons (Fsp3) is 0.167. The maximum absolute atomic E-state index is 12.2. The van der Waals surface area contributed by atoms with Gasteiger partial charge in [-0.3, -0.25) is 15.2 Å². The quantitative estimate of drug-likeness (QED) is 0.827. The van der Waals surface area contributed by atoms with E-state index in [2.05, 4.69) is 10.7 Å². The fourth-order valence-corrected chi connectivity index (χ4v) is 3.05. The van der Waals surface area contributed by atoms with Gasteiger partial charge in [-0.05, 0) is 35.9 Å². The van der Waals surface area contributed by atoms with Crippen molar-refractivity contribution < 1.29 is 14.3 Å². The van der Waals surface area contributed by atoms with Gasteiger partial charge in [-0.1, -0.05) is 23.7 Å². The fourth-order valence-electron chi connectivity index (χ4n) is 2.78. The number of fused-ring (bicyclic) bond motifs is 2. The van der Waals surface area contributed by atoms with Crippen LogP contribution in [0.15, 0.2) is 42.5 Å². The molecule has 0 unspecified atom stereocenters. The number of anilines is 2. The van der Waals surface area contributed by atoms with Gasteiger partial charge in [0.15, 0.2) is 11.5 Å². The van der Waals surface area contributed by atoms with Crippen LogP contribution in [0.3, 0.4) is 0 Å². The van der Waals surface area contributed by atoms with Gasteiger partial charge in [0.25, 0.3) is 5.91 Å². The molecule has 6 nitrogen and oxygen atoms in total. The third-order valence-corrected chi connectivity index (χ3v) is 4.19. The molecule has 0 saturated heterocycles. The monoisotopic (exact) mass is 357 g/mol. The second kappa shape index (κ2) is 6.57. The molecule has 4 rings (SSSR count). The highest BCUT2D eigenvalue weighted by atomic mass is 35.5. The Kier molecular flexibility index (Phi) is 4.11. The van der Waals surface area contributed by atoms with E-state index in [4.69, 9.17) is 21.1 Å². The lowest BCUT2D eigenvalue weighted by Crippen LogP contribution is -2.41. The summed E-state index contributed by atoms with van der Waals surface area (Å²) in [6.07, 6.45) is 3.15. The third kappa shape index (κ3) is 3.21. The maximum atomic E-state index is 12.2. The van der Waals surface area contributed by atoms with E-state index in [9.17, 15) is 4.79 Å². The van der Waals surface area contributed by atoms with Crippen LogP contribution >= 0.6 is 11.6 Å². The zero-order chi connectivity index (χ0) is 17.2. The number of rotatable bonds is 3. The van der Waals surface area contributed by atoms with Crippen molar-refractivity contribution in [3.8, 4) is 11.5 Å². The van der Waals surface area contributed by atoms with Crippen molar-refractivity contribution in [1.82, 2.24) is 5.43 Å². The highest BCUT2D eigenvalue weighted by Crippen LogP contribution is 2.38. The van der Waals surface area contributed by atoms with Gasteiger partial charge < -0.3 is 14.8 Å². The van der Waals surface area contributed by atoms with Crippen LogP contribution in [-0.2, 0) is 4.79 Å². The number of hydrogen-bond acceptors (Lipinski definition) is 5. The molecule has 2 heterocycles. The van der Waals surface area contributed by atoms with Gasteiger partial charge in [0.2, 0.25) is 0 Å². The Bertz CT molecular complexity index is 853. The van der Waals surface area contributed by atoms with E-state index >= 15 is 0 Å². The molecule has 0 spiro atoms. The molecular formula is C18H16ClN3O3. The summed E-state index contributed by atoms with van der Waals surface area (Å²) in [7, 11) is 0. The number of carbonyl (C=O) groups excluding carboxylic acids is 1.